The Balaban J connectivity index is 2.32. The van der Waals surface area contributed by atoms with E-state index in [9.17, 15) is 4.79 Å². The predicted molar refractivity (Wildman–Crippen MR) is 43.9 cm³/mol. The standard InChI is InChI=1S/C8H15NO3/c1-2-12-8(10)7-3-5-11-6-4-9-7/h7,9H,2-6H2,1H3. The summed E-state index contributed by atoms with van der Waals surface area (Å²) in [6.07, 6.45) is 0.707. The molecule has 1 unspecified atom stereocenters. The number of esters is 1. The van der Waals surface area contributed by atoms with E-state index in [0.29, 0.717) is 26.2 Å². The van der Waals surface area contributed by atoms with Crippen molar-refractivity contribution in [2.24, 2.45) is 0 Å². The smallest absolute Gasteiger partial charge is 0.323 e. The third-order valence-electron chi connectivity index (χ3n) is 1.76. The van der Waals surface area contributed by atoms with E-state index < -0.39 is 0 Å². The lowest BCUT2D eigenvalue weighted by molar-refractivity contribution is -0.145. The third-order valence-corrected chi connectivity index (χ3v) is 1.76. The average molecular weight is 173 g/mol. The lowest BCUT2D eigenvalue weighted by Crippen LogP contribution is -2.38. The van der Waals surface area contributed by atoms with Gasteiger partial charge in [-0.1, -0.05) is 0 Å². The summed E-state index contributed by atoms with van der Waals surface area (Å²) in [5, 5.41) is 3.07. The zero-order valence-electron chi connectivity index (χ0n) is 7.34. The number of nitrogens with one attached hydrogen (secondary N) is 1. The first kappa shape index (κ1) is 9.48. The van der Waals surface area contributed by atoms with Gasteiger partial charge in [0.15, 0.2) is 0 Å². The van der Waals surface area contributed by atoms with Crippen LogP contribution in [0.15, 0.2) is 0 Å². The Kier molecular flexibility index (Phi) is 4.04. The highest BCUT2D eigenvalue weighted by Gasteiger charge is 2.20. The molecule has 70 valence electrons. The Morgan fingerprint density at radius 1 is 1.67 bits per heavy atom. The molecule has 0 aromatic rings. The van der Waals surface area contributed by atoms with Crippen molar-refractivity contribution in [2.75, 3.05) is 26.4 Å². The van der Waals surface area contributed by atoms with Gasteiger partial charge in [-0.2, -0.15) is 0 Å². The molecule has 1 heterocycles. The van der Waals surface area contributed by atoms with Gasteiger partial charge in [-0.15, -0.1) is 0 Å². The maximum absolute atomic E-state index is 11.2. The van der Waals surface area contributed by atoms with Crippen LogP contribution in [-0.4, -0.2) is 38.4 Å². The van der Waals surface area contributed by atoms with Crippen LogP contribution in [0.4, 0.5) is 0 Å². The van der Waals surface area contributed by atoms with Crippen LogP contribution in [0.25, 0.3) is 0 Å². The molecule has 0 saturated carbocycles. The highest BCUT2D eigenvalue weighted by molar-refractivity contribution is 5.75. The Morgan fingerprint density at radius 3 is 3.25 bits per heavy atom. The van der Waals surface area contributed by atoms with Crippen LogP contribution in [-0.2, 0) is 14.3 Å². The van der Waals surface area contributed by atoms with Crippen LogP contribution in [0.5, 0.6) is 0 Å². The molecule has 1 aliphatic rings. The highest BCUT2D eigenvalue weighted by atomic mass is 16.5. The van der Waals surface area contributed by atoms with E-state index in [2.05, 4.69) is 5.32 Å². The van der Waals surface area contributed by atoms with Crippen molar-refractivity contribution in [3.8, 4) is 0 Å². The van der Waals surface area contributed by atoms with Crippen molar-refractivity contribution in [1.82, 2.24) is 5.32 Å². The van der Waals surface area contributed by atoms with Crippen LogP contribution in [0.2, 0.25) is 0 Å². The molecule has 0 radical (unpaired) electrons. The van der Waals surface area contributed by atoms with E-state index in [0.717, 1.165) is 6.54 Å². The number of carbonyl (C=O) groups is 1. The average Bonchev–Trinajstić information content (AvgIpc) is 2.32. The molecule has 12 heavy (non-hydrogen) atoms. The molecule has 1 saturated heterocycles. The summed E-state index contributed by atoms with van der Waals surface area (Å²) in [7, 11) is 0. The zero-order chi connectivity index (χ0) is 8.81. The number of hydrogen-bond donors (Lipinski definition) is 1. The molecule has 4 nitrogen and oxygen atoms in total. The molecule has 0 aromatic carbocycles. The fourth-order valence-corrected chi connectivity index (χ4v) is 1.15. The normalized spacial score (nSPS) is 24.6. The molecule has 0 aliphatic carbocycles. The summed E-state index contributed by atoms with van der Waals surface area (Å²) in [6, 6.07) is -0.174. The molecule has 0 bridgehead atoms. The third kappa shape index (κ3) is 2.79. The van der Waals surface area contributed by atoms with E-state index in [1.165, 1.54) is 0 Å². The SMILES string of the molecule is CCOC(=O)C1CCOCCN1. The minimum absolute atomic E-state index is 0.164. The van der Waals surface area contributed by atoms with Gasteiger partial charge in [0, 0.05) is 13.2 Å². The molecular weight excluding hydrogens is 158 g/mol. The molecule has 4 heteroatoms. The van der Waals surface area contributed by atoms with Crippen molar-refractivity contribution in [2.45, 2.75) is 19.4 Å². The summed E-state index contributed by atoms with van der Waals surface area (Å²) < 4.78 is 10.1. The molecule has 0 amide bonds. The summed E-state index contributed by atoms with van der Waals surface area (Å²) in [6.45, 7) is 4.29. The van der Waals surface area contributed by atoms with Crippen molar-refractivity contribution >= 4 is 5.97 Å². The van der Waals surface area contributed by atoms with Crippen LogP contribution >= 0.6 is 0 Å². The van der Waals surface area contributed by atoms with Gasteiger partial charge in [0.2, 0.25) is 0 Å². The van der Waals surface area contributed by atoms with E-state index >= 15 is 0 Å². The summed E-state index contributed by atoms with van der Waals surface area (Å²) >= 11 is 0. The summed E-state index contributed by atoms with van der Waals surface area (Å²) in [5.41, 5.74) is 0. The Bertz CT molecular complexity index is 141. The van der Waals surface area contributed by atoms with Gasteiger partial charge in [-0.05, 0) is 13.3 Å². The van der Waals surface area contributed by atoms with Gasteiger partial charge in [-0.3, -0.25) is 4.79 Å². The summed E-state index contributed by atoms with van der Waals surface area (Å²) in [5.74, 6) is -0.164. The number of hydrogen-bond acceptors (Lipinski definition) is 4. The molecule has 0 aromatic heterocycles. The van der Waals surface area contributed by atoms with Gasteiger partial charge in [0.25, 0.3) is 0 Å². The van der Waals surface area contributed by atoms with Crippen LogP contribution in [0.3, 0.4) is 0 Å². The van der Waals surface area contributed by atoms with Gasteiger partial charge in [-0.25, -0.2) is 0 Å². The van der Waals surface area contributed by atoms with E-state index in [4.69, 9.17) is 9.47 Å². The quantitative estimate of drug-likeness (QED) is 0.594. The molecule has 1 fully saturated rings. The Labute approximate surface area is 72.2 Å². The minimum atomic E-state index is -0.174. The number of carbonyl (C=O) groups excluding carboxylic acids is 1. The first-order chi connectivity index (χ1) is 5.84. The van der Waals surface area contributed by atoms with Crippen molar-refractivity contribution < 1.29 is 14.3 Å². The largest absolute Gasteiger partial charge is 0.465 e. The molecule has 0 spiro atoms. The highest BCUT2D eigenvalue weighted by Crippen LogP contribution is 1.99. The maximum atomic E-state index is 11.2. The van der Waals surface area contributed by atoms with Crippen molar-refractivity contribution in [3.63, 3.8) is 0 Å². The monoisotopic (exact) mass is 173 g/mol. The van der Waals surface area contributed by atoms with E-state index in [-0.39, 0.29) is 12.0 Å². The van der Waals surface area contributed by atoms with E-state index in [1.54, 1.807) is 0 Å². The zero-order valence-corrected chi connectivity index (χ0v) is 7.34. The topological polar surface area (TPSA) is 47.6 Å². The Morgan fingerprint density at radius 2 is 2.50 bits per heavy atom. The molecule has 1 atom stereocenters. The first-order valence-electron chi connectivity index (χ1n) is 4.32. The first-order valence-corrected chi connectivity index (χ1v) is 4.32. The van der Waals surface area contributed by atoms with Gasteiger partial charge in [0.1, 0.15) is 6.04 Å². The van der Waals surface area contributed by atoms with E-state index in [1.807, 2.05) is 6.92 Å². The number of ether oxygens (including phenoxy) is 2. The second-order valence-corrected chi connectivity index (χ2v) is 2.66. The van der Waals surface area contributed by atoms with Crippen molar-refractivity contribution in [1.29, 1.82) is 0 Å². The maximum Gasteiger partial charge on any atom is 0.323 e. The number of rotatable bonds is 2. The molecule has 1 N–H and O–H groups in total. The van der Waals surface area contributed by atoms with Gasteiger partial charge >= 0.3 is 5.97 Å². The van der Waals surface area contributed by atoms with Gasteiger partial charge < -0.3 is 14.8 Å². The fourth-order valence-electron chi connectivity index (χ4n) is 1.15. The van der Waals surface area contributed by atoms with Gasteiger partial charge in [0.05, 0.1) is 13.2 Å². The lowest BCUT2D eigenvalue weighted by Gasteiger charge is -2.12. The van der Waals surface area contributed by atoms with Crippen molar-refractivity contribution in [3.05, 3.63) is 0 Å². The minimum Gasteiger partial charge on any atom is -0.465 e. The Hall–Kier alpha value is -0.610. The van der Waals surface area contributed by atoms with Crippen LogP contribution in [0.1, 0.15) is 13.3 Å². The predicted octanol–water partition coefficient (Wildman–Crippen LogP) is -0.0720. The molecule has 1 aliphatic heterocycles. The second-order valence-electron chi connectivity index (χ2n) is 2.66. The molecule has 1 rings (SSSR count). The van der Waals surface area contributed by atoms with Crippen LogP contribution in [0, 0.1) is 0 Å². The second kappa shape index (κ2) is 5.11. The van der Waals surface area contributed by atoms with Crippen LogP contribution < -0.4 is 5.32 Å². The fraction of sp³-hybridized carbons (Fsp3) is 0.875. The molecular formula is C8H15NO3. The summed E-state index contributed by atoms with van der Waals surface area (Å²) in [4.78, 5) is 11.2. The lowest BCUT2D eigenvalue weighted by atomic mass is 10.2.